The maximum atomic E-state index is 12.0. The molecular formula is C17H24NO4P. The topological polar surface area (TPSA) is 70.0 Å². The van der Waals surface area contributed by atoms with E-state index in [1.165, 1.54) is 22.2 Å². The van der Waals surface area contributed by atoms with Crippen molar-refractivity contribution in [2.75, 3.05) is 13.7 Å². The molecule has 23 heavy (non-hydrogen) atoms. The maximum absolute atomic E-state index is 12.0. The molecule has 1 unspecified atom stereocenters. The predicted octanol–water partition coefficient (Wildman–Crippen LogP) is 2.85. The van der Waals surface area contributed by atoms with Crippen LogP contribution in [0.2, 0.25) is 0 Å². The summed E-state index contributed by atoms with van der Waals surface area (Å²) in [5, 5.41) is 0. The van der Waals surface area contributed by atoms with Gasteiger partial charge in [0.15, 0.2) is 0 Å². The molecule has 2 fully saturated rings. The van der Waals surface area contributed by atoms with E-state index in [9.17, 15) is 14.4 Å². The number of rotatable bonds is 2. The normalized spacial score (nSPS) is 33.7. The first-order valence-electron chi connectivity index (χ1n) is 8.46. The van der Waals surface area contributed by atoms with Crippen LogP contribution in [0.1, 0.15) is 43.2 Å². The number of hydrogen-bond donors (Lipinski definition) is 2. The molecular weight excluding hydrogens is 313 g/mol. The minimum atomic E-state index is -4.19. The average Bonchev–Trinajstić information content (AvgIpc) is 2.53. The van der Waals surface area contributed by atoms with Gasteiger partial charge in [-0.3, -0.25) is 0 Å². The fourth-order valence-electron chi connectivity index (χ4n) is 5.41. The molecule has 3 atom stereocenters. The Bertz CT molecular complexity index is 673. The number of methoxy groups -OCH3 is 1. The van der Waals surface area contributed by atoms with E-state index in [-0.39, 0.29) is 11.5 Å². The highest BCUT2D eigenvalue weighted by molar-refractivity contribution is 7.49. The molecule has 126 valence electrons. The van der Waals surface area contributed by atoms with Crippen molar-refractivity contribution < 1.29 is 19.1 Å². The molecule has 1 aliphatic heterocycles. The summed E-state index contributed by atoms with van der Waals surface area (Å²) in [6.07, 6.45) is 6.13. The highest BCUT2D eigenvalue weighted by Crippen LogP contribution is 2.60. The first-order valence-corrected chi connectivity index (χ1v) is 10.0. The van der Waals surface area contributed by atoms with Crippen LogP contribution in [-0.4, -0.2) is 34.2 Å². The van der Waals surface area contributed by atoms with Gasteiger partial charge in [-0.2, -0.15) is 0 Å². The number of ether oxygens (including phenoxy) is 1. The Hall–Kier alpha value is -0.870. The van der Waals surface area contributed by atoms with E-state index in [2.05, 4.69) is 12.1 Å². The Morgan fingerprint density at radius 1 is 1.30 bits per heavy atom. The lowest BCUT2D eigenvalue weighted by atomic mass is 9.53. The van der Waals surface area contributed by atoms with Gasteiger partial charge in [0.05, 0.1) is 7.11 Å². The molecule has 4 rings (SSSR count). The summed E-state index contributed by atoms with van der Waals surface area (Å²) in [5.41, 5.74) is 2.70. The third-order valence-corrected chi connectivity index (χ3v) is 7.52. The SMILES string of the molecule is COc1ccc2c(c1)[C@@]13CCCCC1[C@@H](C2)N(P(=O)(O)O)CC3. The third-order valence-electron chi connectivity index (χ3n) is 6.35. The quantitative estimate of drug-likeness (QED) is 0.812. The molecule has 1 aromatic rings. The Morgan fingerprint density at radius 2 is 2.13 bits per heavy atom. The van der Waals surface area contributed by atoms with Gasteiger partial charge >= 0.3 is 7.75 Å². The first-order chi connectivity index (χ1) is 11.0. The fraction of sp³-hybridized carbons (Fsp3) is 0.647. The zero-order chi connectivity index (χ0) is 16.2. The average molecular weight is 337 g/mol. The van der Waals surface area contributed by atoms with Crippen LogP contribution in [0.15, 0.2) is 18.2 Å². The van der Waals surface area contributed by atoms with Crippen molar-refractivity contribution in [3.05, 3.63) is 29.3 Å². The molecule has 0 radical (unpaired) electrons. The zero-order valence-corrected chi connectivity index (χ0v) is 14.3. The van der Waals surface area contributed by atoms with Crippen molar-refractivity contribution in [1.29, 1.82) is 0 Å². The van der Waals surface area contributed by atoms with Crippen molar-refractivity contribution in [3.63, 3.8) is 0 Å². The van der Waals surface area contributed by atoms with Crippen LogP contribution in [0.5, 0.6) is 5.75 Å². The van der Waals surface area contributed by atoms with Gasteiger partial charge in [-0.05, 0) is 54.9 Å². The minimum absolute atomic E-state index is 0.0363. The van der Waals surface area contributed by atoms with Crippen LogP contribution in [0.25, 0.3) is 0 Å². The molecule has 1 aromatic carbocycles. The molecule has 2 N–H and O–H groups in total. The van der Waals surface area contributed by atoms with Crippen molar-refractivity contribution in [1.82, 2.24) is 4.67 Å². The summed E-state index contributed by atoms with van der Waals surface area (Å²) < 4.78 is 18.9. The summed E-state index contributed by atoms with van der Waals surface area (Å²) in [5.74, 6) is 1.23. The summed E-state index contributed by atoms with van der Waals surface area (Å²) in [4.78, 5) is 19.6. The van der Waals surface area contributed by atoms with Crippen LogP contribution >= 0.6 is 7.75 Å². The molecule has 0 amide bonds. The van der Waals surface area contributed by atoms with Crippen molar-refractivity contribution in [2.24, 2.45) is 5.92 Å². The lowest BCUT2D eigenvalue weighted by Crippen LogP contribution is -2.59. The number of nitrogens with zero attached hydrogens (tertiary/aromatic N) is 1. The predicted molar refractivity (Wildman–Crippen MR) is 87.5 cm³/mol. The molecule has 2 bridgehead atoms. The van der Waals surface area contributed by atoms with E-state index in [0.29, 0.717) is 12.5 Å². The monoisotopic (exact) mass is 337 g/mol. The summed E-state index contributed by atoms with van der Waals surface area (Å²) in [6.45, 7) is 0.488. The van der Waals surface area contributed by atoms with Crippen LogP contribution in [0, 0.1) is 5.92 Å². The van der Waals surface area contributed by atoms with Crippen LogP contribution in [0.4, 0.5) is 0 Å². The van der Waals surface area contributed by atoms with Crippen LogP contribution < -0.4 is 4.74 Å². The first kappa shape index (κ1) is 15.6. The Morgan fingerprint density at radius 3 is 2.87 bits per heavy atom. The minimum Gasteiger partial charge on any atom is -0.497 e. The smallest absolute Gasteiger partial charge is 0.403 e. The molecule has 6 heteroatoms. The second kappa shape index (κ2) is 5.32. The zero-order valence-electron chi connectivity index (χ0n) is 13.4. The Kier molecular flexibility index (Phi) is 3.62. The molecule has 2 aliphatic carbocycles. The van der Waals surface area contributed by atoms with Gasteiger partial charge in [-0.15, -0.1) is 0 Å². The highest BCUT2D eigenvalue weighted by Gasteiger charge is 2.56. The second-order valence-corrected chi connectivity index (χ2v) is 8.77. The molecule has 5 nitrogen and oxygen atoms in total. The standard InChI is InChI=1S/C17H24NO4P/c1-22-13-6-5-12-10-16-14-4-2-3-7-17(14,15(12)11-13)8-9-18(16)23(19,20)21/h5-6,11,14,16H,2-4,7-10H2,1H3,(H2,19,20,21)/t14?,16-,17-/m1/s1. The number of fused-ring (bicyclic) bond motifs is 1. The van der Waals surface area contributed by atoms with Gasteiger partial charge in [-0.1, -0.05) is 18.9 Å². The molecule has 1 heterocycles. The van der Waals surface area contributed by atoms with Crippen molar-refractivity contribution in [2.45, 2.75) is 50.0 Å². The van der Waals surface area contributed by atoms with E-state index in [1.54, 1.807) is 7.11 Å². The van der Waals surface area contributed by atoms with E-state index < -0.39 is 7.75 Å². The van der Waals surface area contributed by atoms with Gasteiger partial charge in [0.2, 0.25) is 0 Å². The van der Waals surface area contributed by atoms with Gasteiger partial charge in [0.1, 0.15) is 5.75 Å². The third kappa shape index (κ3) is 2.29. The van der Waals surface area contributed by atoms with Crippen molar-refractivity contribution in [3.8, 4) is 5.75 Å². The molecule has 1 saturated carbocycles. The van der Waals surface area contributed by atoms with Crippen LogP contribution in [0.3, 0.4) is 0 Å². The van der Waals surface area contributed by atoms with Crippen molar-refractivity contribution >= 4 is 7.75 Å². The summed E-state index contributed by atoms with van der Waals surface area (Å²) in [6, 6.07) is 6.20. The molecule has 0 aromatic heterocycles. The van der Waals surface area contributed by atoms with E-state index in [0.717, 1.165) is 37.9 Å². The fourth-order valence-corrected chi connectivity index (χ4v) is 6.40. The lowest BCUT2D eigenvalue weighted by molar-refractivity contribution is 0.0183. The molecule has 3 aliphatic rings. The van der Waals surface area contributed by atoms with Gasteiger partial charge < -0.3 is 14.5 Å². The number of piperidine rings is 1. The number of hydrogen-bond acceptors (Lipinski definition) is 2. The maximum Gasteiger partial charge on any atom is 0.403 e. The summed E-state index contributed by atoms with van der Waals surface area (Å²) >= 11 is 0. The lowest BCUT2D eigenvalue weighted by Gasteiger charge is -2.58. The largest absolute Gasteiger partial charge is 0.497 e. The van der Waals surface area contributed by atoms with Gasteiger partial charge in [0.25, 0.3) is 0 Å². The Labute approximate surface area is 136 Å². The van der Waals surface area contributed by atoms with E-state index in [1.807, 2.05) is 6.07 Å². The molecule has 1 saturated heterocycles. The van der Waals surface area contributed by atoms with E-state index >= 15 is 0 Å². The highest BCUT2D eigenvalue weighted by atomic mass is 31.2. The van der Waals surface area contributed by atoms with Crippen LogP contribution in [-0.2, 0) is 16.4 Å². The van der Waals surface area contributed by atoms with Gasteiger partial charge in [0, 0.05) is 18.0 Å². The number of benzene rings is 1. The second-order valence-electron chi connectivity index (χ2n) is 7.23. The van der Waals surface area contributed by atoms with Gasteiger partial charge in [-0.25, -0.2) is 9.24 Å². The summed E-state index contributed by atoms with van der Waals surface area (Å²) in [7, 11) is -2.50. The molecule has 0 spiro atoms. The Balaban J connectivity index is 1.85. The van der Waals surface area contributed by atoms with E-state index in [4.69, 9.17) is 4.74 Å².